The zero-order valence-corrected chi connectivity index (χ0v) is 22.1. The maximum absolute atomic E-state index is 7.25. The van der Waals surface area contributed by atoms with E-state index >= 15 is 0 Å². The molecule has 3 aliphatic rings. The monoisotopic (exact) mass is 502 g/mol. The van der Waals surface area contributed by atoms with Crippen molar-refractivity contribution in [2.75, 3.05) is 20.2 Å². The van der Waals surface area contributed by atoms with Crippen LogP contribution in [-0.2, 0) is 0 Å². The molecule has 1 aromatic heterocycles. The number of hydrogen-bond acceptors (Lipinski definition) is 4. The van der Waals surface area contributed by atoms with Gasteiger partial charge in [0.2, 0.25) is 0 Å². The summed E-state index contributed by atoms with van der Waals surface area (Å²) >= 11 is 0. The van der Waals surface area contributed by atoms with Crippen LogP contribution in [0, 0.1) is 11.8 Å². The Morgan fingerprint density at radius 2 is 1.74 bits per heavy atom. The summed E-state index contributed by atoms with van der Waals surface area (Å²) in [6.45, 7) is 4.66. The van der Waals surface area contributed by atoms with Gasteiger partial charge < -0.3 is 9.47 Å². The number of methoxy groups -OCH3 is 1. The van der Waals surface area contributed by atoms with Crippen molar-refractivity contribution in [3.8, 4) is 11.5 Å². The molecule has 4 aromatic carbocycles. The minimum Gasteiger partial charge on any atom is -0.497 e. The van der Waals surface area contributed by atoms with E-state index in [1.807, 2.05) is 12.3 Å². The SMILES string of the molecule is CCC1CN2CC[C@H]1C[C@@H]2[C@@H](Oc1cc2ccccc2c2ccccc12)c1ccnc2ccc(OC)cc12. The maximum Gasteiger partial charge on any atom is 0.140 e. The molecule has 0 radical (unpaired) electrons. The van der Waals surface area contributed by atoms with E-state index in [-0.39, 0.29) is 6.10 Å². The Kier molecular flexibility index (Phi) is 5.93. The number of aromatic nitrogens is 1. The zero-order chi connectivity index (χ0) is 25.6. The van der Waals surface area contributed by atoms with E-state index in [1.54, 1.807) is 7.11 Å². The second-order valence-electron chi connectivity index (χ2n) is 11.0. The van der Waals surface area contributed by atoms with Gasteiger partial charge >= 0.3 is 0 Å². The first-order chi connectivity index (χ1) is 18.7. The fourth-order valence-electron chi connectivity index (χ4n) is 7.08. The van der Waals surface area contributed by atoms with Gasteiger partial charge in [0.05, 0.1) is 18.7 Å². The Hall–Kier alpha value is -3.63. The van der Waals surface area contributed by atoms with Crippen molar-refractivity contribution in [2.24, 2.45) is 11.8 Å². The lowest BCUT2D eigenvalue weighted by molar-refractivity contribution is -0.0480. The highest BCUT2D eigenvalue weighted by atomic mass is 16.5. The zero-order valence-electron chi connectivity index (χ0n) is 22.1. The van der Waals surface area contributed by atoms with Crippen LogP contribution in [0.15, 0.2) is 85.1 Å². The van der Waals surface area contributed by atoms with Gasteiger partial charge in [0.25, 0.3) is 0 Å². The standard InChI is InChI=1S/C34H34N2O2/c1-3-22-21-36-17-15-23(22)18-32(36)34(29-14-16-35-31-13-12-25(37-2)20-30(29)31)38-33-19-24-8-4-5-9-26(24)27-10-6-7-11-28(27)33/h4-14,16,19-20,22-23,32,34H,3,15,17-18,21H2,1-2H3/t22?,23-,32+,34-/m0/s1. The summed E-state index contributed by atoms with van der Waals surface area (Å²) < 4.78 is 12.9. The molecular formula is C34H34N2O2. The van der Waals surface area contributed by atoms with Gasteiger partial charge in [0.15, 0.2) is 0 Å². The summed E-state index contributed by atoms with van der Waals surface area (Å²) in [5.41, 5.74) is 2.17. The molecule has 3 fully saturated rings. The minimum atomic E-state index is -0.113. The Morgan fingerprint density at radius 3 is 2.53 bits per heavy atom. The van der Waals surface area contributed by atoms with Crippen LogP contribution in [-0.4, -0.2) is 36.1 Å². The van der Waals surface area contributed by atoms with Crippen LogP contribution in [0.1, 0.15) is 37.9 Å². The van der Waals surface area contributed by atoms with Crippen LogP contribution in [0.2, 0.25) is 0 Å². The Balaban J connectivity index is 1.41. The van der Waals surface area contributed by atoms with Crippen molar-refractivity contribution < 1.29 is 9.47 Å². The third-order valence-electron chi connectivity index (χ3n) is 9.08. The molecule has 3 aliphatic heterocycles. The van der Waals surface area contributed by atoms with Crippen molar-refractivity contribution in [3.05, 3.63) is 90.6 Å². The van der Waals surface area contributed by atoms with Gasteiger partial charge in [-0.15, -0.1) is 0 Å². The fourth-order valence-corrected chi connectivity index (χ4v) is 7.08. The lowest BCUT2D eigenvalue weighted by atomic mass is 9.72. The van der Waals surface area contributed by atoms with Crippen LogP contribution in [0.3, 0.4) is 0 Å². The number of fused-ring (bicyclic) bond motifs is 7. The molecule has 5 atom stereocenters. The third-order valence-corrected chi connectivity index (χ3v) is 9.08. The van der Waals surface area contributed by atoms with Crippen LogP contribution in [0.5, 0.6) is 11.5 Å². The summed E-state index contributed by atoms with van der Waals surface area (Å²) in [7, 11) is 1.73. The molecule has 4 heterocycles. The highest BCUT2D eigenvalue weighted by Crippen LogP contribution is 2.45. The molecule has 4 nitrogen and oxygen atoms in total. The van der Waals surface area contributed by atoms with E-state index in [9.17, 15) is 0 Å². The predicted molar refractivity (Wildman–Crippen MR) is 155 cm³/mol. The average molecular weight is 503 g/mol. The number of pyridine rings is 1. The molecule has 2 unspecified atom stereocenters. The van der Waals surface area contributed by atoms with Crippen LogP contribution >= 0.6 is 0 Å². The van der Waals surface area contributed by atoms with E-state index in [2.05, 4.69) is 84.6 Å². The number of benzene rings is 4. The first kappa shape index (κ1) is 23.5. The Bertz CT molecular complexity index is 1630. The highest BCUT2D eigenvalue weighted by Gasteiger charge is 2.44. The van der Waals surface area contributed by atoms with Gasteiger partial charge in [0, 0.05) is 29.1 Å². The van der Waals surface area contributed by atoms with Crippen LogP contribution < -0.4 is 9.47 Å². The number of ether oxygens (including phenoxy) is 2. The van der Waals surface area contributed by atoms with Crippen molar-refractivity contribution in [3.63, 3.8) is 0 Å². The van der Waals surface area contributed by atoms with Gasteiger partial charge in [-0.3, -0.25) is 9.88 Å². The predicted octanol–water partition coefficient (Wildman–Crippen LogP) is 7.79. The highest BCUT2D eigenvalue weighted by molar-refractivity contribution is 6.10. The second-order valence-corrected chi connectivity index (χ2v) is 11.0. The summed E-state index contributed by atoms with van der Waals surface area (Å²) in [4.78, 5) is 7.39. The smallest absolute Gasteiger partial charge is 0.140 e. The first-order valence-corrected chi connectivity index (χ1v) is 14.0. The van der Waals surface area contributed by atoms with Gasteiger partial charge in [-0.05, 0) is 77.7 Å². The maximum atomic E-state index is 7.25. The number of hydrogen-bond donors (Lipinski definition) is 0. The largest absolute Gasteiger partial charge is 0.497 e. The molecule has 192 valence electrons. The molecule has 4 heteroatoms. The van der Waals surface area contributed by atoms with Crippen molar-refractivity contribution >= 4 is 32.4 Å². The number of piperidine rings is 3. The molecule has 0 spiro atoms. The van der Waals surface area contributed by atoms with Crippen LogP contribution in [0.25, 0.3) is 32.4 Å². The lowest BCUT2D eigenvalue weighted by Crippen LogP contribution is -2.56. The normalized spacial score (nSPS) is 23.6. The molecule has 8 rings (SSSR count). The lowest BCUT2D eigenvalue weighted by Gasteiger charge is -2.52. The van der Waals surface area contributed by atoms with Gasteiger partial charge in [-0.25, -0.2) is 0 Å². The molecule has 5 aromatic rings. The van der Waals surface area contributed by atoms with E-state index in [0.29, 0.717) is 6.04 Å². The summed E-state index contributed by atoms with van der Waals surface area (Å²) in [5, 5.41) is 5.97. The molecule has 2 bridgehead atoms. The fraction of sp³-hybridized carbons (Fsp3) is 0.324. The molecule has 0 aliphatic carbocycles. The summed E-state index contributed by atoms with van der Waals surface area (Å²) in [6, 6.07) is 28.2. The number of nitrogens with zero attached hydrogens (tertiary/aromatic N) is 2. The molecular weight excluding hydrogens is 468 g/mol. The van der Waals surface area contributed by atoms with Gasteiger partial charge in [-0.2, -0.15) is 0 Å². The summed E-state index contributed by atoms with van der Waals surface area (Å²) in [6.07, 6.45) is 5.54. The first-order valence-electron chi connectivity index (χ1n) is 14.0. The minimum absolute atomic E-state index is 0.113. The third kappa shape index (κ3) is 3.90. The Labute approximate surface area is 224 Å². The molecule has 3 saturated heterocycles. The van der Waals surface area contributed by atoms with E-state index in [1.165, 1.54) is 41.0 Å². The van der Waals surface area contributed by atoms with E-state index in [0.717, 1.165) is 52.7 Å². The Morgan fingerprint density at radius 1 is 0.921 bits per heavy atom. The van der Waals surface area contributed by atoms with E-state index < -0.39 is 0 Å². The molecule has 0 amide bonds. The topological polar surface area (TPSA) is 34.6 Å². The van der Waals surface area contributed by atoms with Gasteiger partial charge in [-0.1, -0.05) is 61.9 Å². The van der Waals surface area contributed by atoms with Crippen molar-refractivity contribution in [2.45, 2.75) is 38.3 Å². The number of rotatable bonds is 6. The quantitative estimate of drug-likeness (QED) is 0.222. The second kappa shape index (κ2) is 9.59. The molecule has 0 saturated carbocycles. The molecule has 0 N–H and O–H groups in total. The average Bonchev–Trinajstić information content (AvgIpc) is 2.99. The van der Waals surface area contributed by atoms with E-state index in [4.69, 9.17) is 14.5 Å². The van der Waals surface area contributed by atoms with Crippen molar-refractivity contribution in [1.82, 2.24) is 9.88 Å². The summed E-state index contributed by atoms with van der Waals surface area (Å²) in [5.74, 6) is 3.35. The van der Waals surface area contributed by atoms with Crippen LogP contribution in [0.4, 0.5) is 0 Å². The van der Waals surface area contributed by atoms with Crippen molar-refractivity contribution in [1.29, 1.82) is 0 Å². The van der Waals surface area contributed by atoms with Gasteiger partial charge in [0.1, 0.15) is 17.6 Å². The molecule has 38 heavy (non-hydrogen) atoms.